The molecule has 4 rings (SSSR count). The zero-order chi connectivity index (χ0) is 22.7. The van der Waals surface area contributed by atoms with Gasteiger partial charge in [0.25, 0.3) is 0 Å². The molecule has 32 heavy (non-hydrogen) atoms. The summed E-state index contributed by atoms with van der Waals surface area (Å²) < 4.78 is 19.4. The van der Waals surface area contributed by atoms with E-state index < -0.39 is 0 Å². The van der Waals surface area contributed by atoms with E-state index in [9.17, 15) is 14.4 Å². The number of anilines is 1. The molecule has 7 heteroatoms. The Bertz CT molecular complexity index is 1200. The summed E-state index contributed by atoms with van der Waals surface area (Å²) >= 11 is 0. The van der Waals surface area contributed by atoms with Crippen LogP contribution in [-0.4, -0.2) is 42.0 Å². The summed E-state index contributed by atoms with van der Waals surface area (Å²) in [6, 6.07) is 12.6. The molecular formula is C25H25FN4O2. The van der Waals surface area contributed by atoms with Gasteiger partial charge in [-0.25, -0.2) is 4.39 Å². The molecule has 0 bridgehead atoms. The van der Waals surface area contributed by atoms with Gasteiger partial charge in [0.05, 0.1) is 30.3 Å². The van der Waals surface area contributed by atoms with Gasteiger partial charge in [-0.05, 0) is 43.5 Å². The third kappa shape index (κ3) is 4.35. The number of aryl methyl sites for hydroxylation is 1. The van der Waals surface area contributed by atoms with Crippen LogP contribution in [0.4, 0.5) is 10.1 Å². The summed E-state index contributed by atoms with van der Waals surface area (Å²) in [5.41, 5.74) is 3.28. The average molecular weight is 432 g/mol. The van der Waals surface area contributed by atoms with Gasteiger partial charge in [0, 0.05) is 36.3 Å². The monoisotopic (exact) mass is 432 g/mol. The van der Waals surface area contributed by atoms with Crippen LogP contribution in [0.2, 0.25) is 0 Å². The van der Waals surface area contributed by atoms with Gasteiger partial charge >= 0.3 is 0 Å². The number of nitriles is 1. The Morgan fingerprint density at radius 2 is 2.06 bits per heavy atom. The number of ether oxygens (including phenoxy) is 1. The number of methoxy groups -OCH3 is 1. The molecule has 164 valence electrons. The van der Waals surface area contributed by atoms with Crippen LogP contribution in [0.5, 0.6) is 5.75 Å². The van der Waals surface area contributed by atoms with E-state index in [2.05, 4.69) is 16.4 Å². The third-order valence-corrected chi connectivity index (χ3v) is 5.98. The highest BCUT2D eigenvalue weighted by Crippen LogP contribution is 2.30. The van der Waals surface area contributed by atoms with Gasteiger partial charge in [-0.2, -0.15) is 5.26 Å². The minimum Gasteiger partial charge on any atom is -0.496 e. The van der Waals surface area contributed by atoms with Gasteiger partial charge in [-0.15, -0.1) is 0 Å². The molecule has 1 fully saturated rings. The Morgan fingerprint density at radius 1 is 1.31 bits per heavy atom. The van der Waals surface area contributed by atoms with Crippen molar-refractivity contribution in [3.63, 3.8) is 0 Å². The molecule has 6 nitrogen and oxygen atoms in total. The van der Waals surface area contributed by atoms with Crippen LogP contribution in [0.15, 0.2) is 42.6 Å². The van der Waals surface area contributed by atoms with Crippen molar-refractivity contribution in [3.05, 3.63) is 65.1 Å². The fraction of sp³-hybridized carbons (Fsp3) is 0.320. The number of fused-ring (bicyclic) bond motifs is 1. The zero-order valence-electron chi connectivity index (χ0n) is 18.2. The summed E-state index contributed by atoms with van der Waals surface area (Å²) in [7, 11) is 1.60. The van der Waals surface area contributed by atoms with Crippen molar-refractivity contribution < 1.29 is 13.9 Å². The van der Waals surface area contributed by atoms with E-state index in [-0.39, 0.29) is 17.8 Å². The number of piperidine rings is 1. The van der Waals surface area contributed by atoms with Gasteiger partial charge in [-0.1, -0.05) is 18.2 Å². The molecule has 1 aliphatic heterocycles. The summed E-state index contributed by atoms with van der Waals surface area (Å²) in [4.78, 5) is 19.0. The topological polar surface area (TPSA) is 78.2 Å². The normalized spacial score (nSPS) is 14.2. The number of rotatable bonds is 5. The van der Waals surface area contributed by atoms with Crippen LogP contribution in [0.3, 0.4) is 0 Å². The van der Waals surface area contributed by atoms with E-state index in [1.54, 1.807) is 14.0 Å². The summed E-state index contributed by atoms with van der Waals surface area (Å²) in [5.74, 6) is 0.429. The molecule has 3 aromatic rings. The first-order valence-corrected chi connectivity index (χ1v) is 10.6. The second-order valence-electron chi connectivity index (χ2n) is 8.07. The van der Waals surface area contributed by atoms with Crippen LogP contribution in [0, 0.1) is 24.1 Å². The summed E-state index contributed by atoms with van der Waals surface area (Å²) in [6.45, 7) is 3.04. The minimum atomic E-state index is -0.355. The maximum absolute atomic E-state index is 14.1. The molecule has 1 aromatic heterocycles. The lowest BCUT2D eigenvalue weighted by Gasteiger charge is -2.33. The quantitative estimate of drug-likeness (QED) is 0.654. The molecule has 1 saturated heterocycles. The first-order valence-electron chi connectivity index (χ1n) is 10.6. The van der Waals surface area contributed by atoms with Crippen molar-refractivity contribution in [3.8, 4) is 11.8 Å². The van der Waals surface area contributed by atoms with Crippen LogP contribution in [0.1, 0.15) is 29.5 Å². The van der Waals surface area contributed by atoms with Gasteiger partial charge < -0.3 is 15.0 Å². The molecule has 1 N–H and O–H groups in total. The number of hydrogen-bond donors (Lipinski definition) is 1. The molecule has 0 radical (unpaired) electrons. The average Bonchev–Trinajstić information content (AvgIpc) is 2.80. The number of benzene rings is 2. The molecular weight excluding hydrogens is 407 g/mol. The number of halogens is 1. The highest BCUT2D eigenvalue weighted by molar-refractivity contribution is 5.95. The van der Waals surface area contributed by atoms with Crippen molar-refractivity contribution in [2.24, 2.45) is 0 Å². The molecule has 0 atom stereocenters. The van der Waals surface area contributed by atoms with Gasteiger partial charge in [0.15, 0.2) is 0 Å². The predicted molar refractivity (Wildman–Crippen MR) is 121 cm³/mol. The highest BCUT2D eigenvalue weighted by atomic mass is 19.1. The molecule has 0 spiro atoms. The SMILES string of the molecule is COc1ccccc1CC(=O)N1CCC(Nc2c(C#N)cnc3c(C)cc(F)cc23)CC1. The smallest absolute Gasteiger partial charge is 0.227 e. The number of pyridine rings is 1. The Hall–Kier alpha value is -3.66. The number of nitrogens with zero attached hydrogens (tertiary/aromatic N) is 3. The molecule has 0 aliphatic carbocycles. The Morgan fingerprint density at radius 3 is 2.78 bits per heavy atom. The van der Waals surface area contributed by atoms with E-state index in [1.807, 2.05) is 29.2 Å². The van der Waals surface area contributed by atoms with Crippen molar-refractivity contribution in [2.75, 3.05) is 25.5 Å². The Balaban J connectivity index is 1.46. The fourth-order valence-electron chi connectivity index (χ4n) is 4.28. The third-order valence-electron chi connectivity index (χ3n) is 5.98. The van der Waals surface area contributed by atoms with Gasteiger partial charge in [0.2, 0.25) is 5.91 Å². The maximum Gasteiger partial charge on any atom is 0.227 e. The molecule has 1 amide bonds. The van der Waals surface area contributed by atoms with Crippen molar-refractivity contribution in [2.45, 2.75) is 32.2 Å². The van der Waals surface area contributed by atoms with Crippen molar-refractivity contribution in [1.29, 1.82) is 5.26 Å². The van der Waals surface area contributed by atoms with E-state index in [0.29, 0.717) is 47.4 Å². The molecule has 1 aliphatic rings. The largest absolute Gasteiger partial charge is 0.496 e. The van der Waals surface area contributed by atoms with E-state index in [0.717, 1.165) is 24.0 Å². The second kappa shape index (κ2) is 9.23. The number of carbonyl (C=O) groups is 1. The van der Waals surface area contributed by atoms with E-state index in [1.165, 1.54) is 18.3 Å². The standard InChI is InChI=1S/C25H25FN4O2/c1-16-11-19(26)13-21-24(16)28-15-18(14-27)25(21)29-20-7-9-30(10-8-20)23(31)12-17-5-3-4-6-22(17)32-2/h3-6,11,13,15,20H,7-10,12H2,1-2H3,(H,28,29). The number of amides is 1. The number of nitrogens with one attached hydrogen (secondary N) is 1. The lowest BCUT2D eigenvalue weighted by Crippen LogP contribution is -2.43. The first-order chi connectivity index (χ1) is 15.5. The molecule has 0 unspecified atom stereocenters. The zero-order valence-corrected chi connectivity index (χ0v) is 18.2. The predicted octanol–water partition coefficient (Wildman–Crippen LogP) is 4.21. The lowest BCUT2D eigenvalue weighted by atomic mass is 10.0. The number of likely N-dealkylation sites (tertiary alicyclic amines) is 1. The Labute approximate surface area is 186 Å². The number of aromatic nitrogens is 1. The van der Waals surface area contributed by atoms with Crippen LogP contribution in [0.25, 0.3) is 10.9 Å². The first kappa shape index (κ1) is 21.6. The number of hydrogen-bond acceptors (Lipinski definition) is 5. The van der Waals surface area contributed by atoms with Crippen LogP contribution in [-0.2, 0) is 11.2 Å². The van der Waals surface area contributed by atoms with Crippen molar-refractivity contribution in [1.82, 2.24) is 9.88 Å². The number of para-hydroxylation sites is 1. The van der Waals surface area contributed by atoms with Gasteiger partial charge in [-0.3, -0.25) is 9.78 Å². The lowest BCUT2D eigenvalue weighted by molar-refractivity contribution is -0.131. The molecule has 0 saturated carbocycles. The van der Waals surface area contributed by atoms with Crippen LogP contribution >= 0.6 is 0 Å². The van der Waals surface area contributed by atoms with E-state index >= 15 is 0 Å². The summed E-state index contributed by atoms with van der Waals surface area (Å²) in [6.07, 6.45) is 3.30. The minimum absolute atomic E-state index is 0.0673. The molecule has 2 aromatic carbocycles. The molecule has 2 heterocycles. The van der Waals surface area contributed by atoms with Crippen LogP contribution < -0.4 is 10.1 Å². The Kier molecular flexibility index (Phi) is 6.22. The fourth-order valence-corrected chi connectivity index (χ4v) is 4.28. The van der Waals surface area contributed by atoms with E-state index in [4.69, 9.17) is 4.74 Å². The maximum atomic E-state index is 14.1. The van der Waals surface area contributed by atoms with Gasteiger partial charge in [0.1, 0.15) is 17.6 Å². The highest BCUT2D eigenvalue weighted by Gasteiger charge is 2.25. The van der Waals surface area contributed by atoms with Crippen molar-refractivity contribution >= 4 is 22.5 Å². The second-order valence-corrected chi connectivity index (χ2v) is 8.07. The summed E-state index contributed by atoms with van der Waals surface area (Å²) in [5, 5.41) is 13.6. The number of carbonyl (C=O) groups excluding carboxylic acids is 1.